The van der Waals surface area contributed by atoms with Crippen LogP contribution in [0.25, 0.3) is 0 Å². The van der Waals surface area contributed by atoms with Gasteiger partial charge in [0, 0.05) is 25.7 Å². The SMILES string of the molecule is O=C(CN1C(=O)[C@@H]2CCCCN2c2ccc(S(=O)(=O)N3CCCCC3)cc21)NC1CCCCC1. The highest BCUT2D eigenvalue weighted by atomic mass is 32.2. The fourth-order valence-corrected chi connectivity index (χ4v) is 7.52. The maximum absolute atomic E-state index is 13.6. The van der Waals surface area contributed by atoms with E-state index < -0.39 is 10.0 Å². The van der Waals surface area contributed by atoms with Crippen LogP contribution in [0.1, 0.15) is 70.6 Å². The van der Waals surface area contributed by atoms with E-state index in [0.29, 0.717) is 18.8 Å². The zero-order chi connectivity index (χ0) is 23.7. The first-order valence-electron chi connectivity index (χ1n) is 13.0. The fraction of sp³-hybridized carbons (Fsp3) is 0.680. The molecule has 0 bridgehead atoms. The van der Waals surface area contributed by atoms with Gasteiger partial charge in [0.15, 0.2) is 0 Å². The number of piperidine rings is 2. The molecule has 1 aromatic rings. The van der Waals surface area contributed by atoms with E-state index >= 15 is 0 Å². The molecule has 34 heavy (non-hydrogen) atoms. The van der Waals surface area contributed by atoms with E-state index in [9.17, 15) is 18.0 Å². The molecule has 5 rings (SSSR count). The number of carbonyl (C=O) groups excluding carboxylic acids is 2. The van der Waals surface area contributed by atoms with Gasteiger partial charge >= 0.3 is 0 Å². The molecule has 2 amide bonds. The van der Waals surface area contributed by atoms with Crippen LogP contribution >= 0.6 is 0 Å². The van der Waals surface area contributed by atoms with E-state index in [0.717, 1.165) is 76.4 Å². The minimum Gasteiger partial charge on any atom is -0.358 e. The zero-order valence-electron chi connectivity index (χ0n) is 19.9. The lowest BCUT2D eigenvalue weighted by molar-refractivity contribution is -0.125. The summed E-state index contributed by atoms with van der Waals surface area (Å²) in [5.74, 6) is -0.265. The molecular weight excluding hydrogens is 452 g/mol. The molecule has 0 aromatic heterocycles. The van der Waals surface area contributed by atoms with Crippen molar-refractivity contribution in [3.63, 3.8) is 0 Å². The number of hydrogen-bond donors (Lipinski definition) is 1. The third-order valence-corrected chi connectivity index (χ3v) is 9.72. The lowest BCUT2D eigenvalue weighted by Crippen LogP contribution is -2.57. The van der Waals surface area contributed by atoms with Crippen molar-refractivity contribution in [2.24, 2.45) is 0 Å². The Kier molecular flexibility index (Phi) is 6.84. The maximum Gasteiger partial charge on any atom is 0.250 e. The monoisotopic (exact) mass is 488 g/mol. The van der Waals surface area contributed by atoms with Crippen LogP contribution in [0, 0.1) is 0 Å². The molecule has 2 saturated heterocycles. The molecule has 1 saturated carbocycles. The standard InChI is InChI=1S/C25H36N4O4S/c30-24(26-19-9-3-1-4-10-19)18-29-23-17-20(34(32,33)27-14-6-2-7-15-27)12-13-21(23)28-16-8-5-11-22(28)25(29)31/h12-13,17,19,22H,1-11,14-16,18H2,(H,26,30)/t22-/m0/s1. The third kappa shape index (κ3) is 4.56. The van der Waals surface area contributed by atoms with Crippen molar-refractivity contribution in [3.05, 3.63) is 18.2 Å². The fourth-order valence-electron chi connectivity index (χ4n) is 5.98. The molecule has 1 aromatic carbocycles. The second-order valence-electron chi connectivity index (χ2n) is 10.1. The minimum absolute atomic E-state index is 0.0696. The van der Waals surface area contributed by atoms with Crippen molar-refractivity contribution >= 4 is 33.2 Å². The van der Waals surface area contributed by atoms with Crippen molar-refractivity contribution in [2.45, 2.75) is 87.6 Å². The van der Waals surface area contributed by atoms with Crippen LogP contribution in [0.15, 0.2) is 23.1 Å². The number of amides is 2. The van der Waals surface area contributed by atoms with Gasteiger partial charge in [-0.1, -0.05) is 25.7 Å². The summed E-state index contributed by atoms with van der Waals surface area (Å²) in [5.41, 5.74) is 1.40. The molecule has 1 N–H and O–H groups in total. The predicted molar refractivity (Wildman–Crippen MR) is 131 cm³/mol. The summed E-state index contributed by atoms with van der Waals surface area (Å²) in [6.07, 6.45) is 10.9. The Balaban J connectivity index is 1.46. The number of sulfonamides is 1. The predicted octanol–water partition coefficient (Wildman–Crippen LogP) is 3.02. The van der Waals surface area contributed by atoms with Gasteiger partial charge in [-0.2, -0.15) is 4.31 Å². The molecule has 0 unspecified atom stereocenters. The number of nitrogens with one attached hydrogen (secondary N) is 1. The Morgan fingerprint density at radius 3 is 2.32 bits per heavy atom. The molecule has 3 heterocycles. The molecule has 0 radical (unpaired) electrons. The summed E-state index contributed by atoms with van der Waals surface area (Å²) < 4.78 is 28.3. The second-order valence-corrected chi connectivity index (χ2v) is 12.1. The van der Waals surface area contributed by atoms with E-state index in [2.05, 4.69) is 10.2 Å². The zero-order valence-corrected chi connectivity index (χ0v) is 20.7. The van der Waals surface area contributed by atoms with Gasteiger partial charge in [-0.15, -0.1) is 0 Å². The van der Waals surface area contributed by atoms with E-state index in [-0.39, 0.29) is 35.3 Å². The smallest absolute Gasteiger partial charge is 0.250 e. The molecule has 1 atom stereocenters. The average molecular weight is 489 g/mol. The Morgan fingerprint density at radius 1 is 0.882 bits per heavy atom. The van der Waals surface area contributed by atoms with Crippen LogP contribution in [0.2, 0.25) is 0 Å². The summed E-state index contributed by atoms with van der Waals surface area (Å²) in [4.78, 5) is 30.4. The maximum atomic E-state index is 13.6. The van der Waals surface area contributed by atoms with E-state index in [4.69, 9.17) is 0 Å². The number of carbonyl (C=O) groups is 2. The number of anilines is 2. The summed E-state index contributed by atoms with van der Waals surface area (Å²) in [5, 5.41) is 3.11. The topological polar surface area (TPSA) is 90.0 Å². The number of hydrogen-bond acceptors (Lipinski definition) is 5. The Bertz CT molecular complexity index is 1030. The average Bonchev–Trinajstić information content (AvgIpc) is 2.87. The summed E-state index contributed by atoms with van der Waals surface area (Å²) >= 11 is 0. The number of nitrogens with zero attached hydrogens (tertiary/aromatic N) is 3. The van der Waals surface area contributed by atoms with Gasteiger partial charge in [-0.3, -0.25) is 14.5 Å². The van der Waals surface area contributed by atoms with E-state index in [1.807, 2.05) is 6.07 Å². The Hall–Kier alpha value is -2.13. The quantitative estimate of drug-likeness (QED) is 0.688. The van der Waals surface area contributed by atoms with Crippen LogP contribution < -0.4 is 15.1 Å². The van der Waals surface area contributed by atoms with Gasteiger partial charge in [0.1, 0.15) is 12.6 Å². The van der Waals surface area contributed by atoms with E-state index in [1.165, 1.54) is 11.3 Å². The largest absolute Gasteiger partial charge is 0.358 e. The van der Waals surface area contributed by atoms with Crippen molar-refractivity contribution in [1.29, 1.82) is 0 Å². The van der Waals surface area contributed by atoms with Gasteiger partial charge in [0.05, 0.1) is 16.3 Å². The lowest BCUT2D eigenvalue weighted by Gasteiger charge is -2.45. The Labute approximate surface area is 202 Å². The first-order valence-corrected chi connectivity index (χ1v) is 14.4. The van der Waals surface area contributed by atoms with Crippen LogP contribution in [-0.2, 0) is 19.6 Å². The minimum atomic E-state index is -3.64. The molecule has 3 fully saturated rings. The number of fused-ring (bicyclic) bond motifs is 3. The molecule has 186 valence electrons. The molecular formula is C25H36N4O4S. The summed E-state index contributed by atoms with van der Waals surface area (Å²) in [7, 11) is -3.64. The summed E-state index contributed by atoms with van der Waals surface area (Å²) in [6.45, 7) is 1.75. The Morgan fingerprint density at radius 2 is 1.56 bits per heavy atom. The van der Waals surface area contributed by atoms with Crippen molar-refractivity contribution in [3.8, 4) is 0 Å². The number of benzene rings is 1. The van der Waals surface area contributed by atoms with Crippen LogP contribution in [0.3, 0.4) is 0 Å². The lowest BCUT2D eigenvalue weighted by atomic mass is 9.95. The molecule has 3 aliphatic heterocycles. The van der Waals surface area contributed by atoms with Gasteiger partial charge < -0.3 is 10.2 Å². The highest BCUT2D eigenvalue weighted by Crippen LogP contribution is 2.41. The normalized spacial score (nSPS) is 24.5. The highest BCUT2D eigenvalue weighted by Gasteiger charge is 2.41. The molecule has 9 heteroatoms. The molecule has 1 aliphatic carbocycles. The summed E-state index contributed by atoms with van der Waals surface area (Å²) in [6, 6.07) is 5.01. The van der Waals surface area contributed by atoms with Crippen molar-refractivity contribution < 1.29 is 18.0 Å². The highest BCUT2D eigenvalue weighted by molar-refractivity contribution is 7.89. The van der Waals surface area contributed by atoms with Crippen molar-refractivity contribution in [2.75, 3.05) is 36.0 Å². The first kappa shape index (κ1) is 23.6. The van der Waals surface area contributed by atoms with Crippen LogP contribution in [-0.4, -0.2) is 62.8 Å². The third-order valence-electron chi connectivity index (χ3n) is 7.83. The second kappa shape index (κ2) is 9.85. The van der Waals surface area contributed by atoms with Crippen LogP contribution in [0.5, 0.6) is 0 Å². The molecule has 4 aliphatic rings. The molecule has 0 spiro atoms. The van der Waals surface area contributed by atoms with Crippen LogP contribution in [0.4, 0.5) is 11.4 Å². The number of rotatable bonds is 5. The van der Waals surface area contributed by atoms with Crippen molar-refractivity contribution in [1.82, 2.24) is 9.62 Å². The van der Waals surface area contributed by atoms with Gasteiger partial charge in [-0.25, -0.2) is 8.42 Å². The van der Waals surface area contributed by atoms with Gasteiger partial charge in [-0.05, 0) is 63.1 Å². The van der Waals surface area contributed by atoms with E-state index in [1.54, 1.807) is 16.4 Å². The van der Waals surface area contributed by atoms with Gasteiger partial charge in [0.2, 0.25) is 21.8 Å². The first-order chi connectivity index (χ1) is 16.4. The van der Waals surface area contributed by atoms with Gasteiger partial charge in [0.25, 0.3) is 0 Å². The molecule has 8 nitrogen and oxygen atoms in total.